The fraction of sp³-hybridized carbons (Fsp3) is 0.667. The Balaban J connectivity index is 2.51. The highest BCUT2D eigenvalue weighted by molar-refractivity contribution is 5.90. The van der Waals surface area contributed by atoms with Crippen molar-refractivity contribution in [2.45, 2.75) is 13.1 Å². The standard InChI is InChI=1S/C9H13F3N4O3/c1-6-14-15-8(19-6)13-7(18)4-16(2-3-17)5-9(10,11)12/h17H,2-5H2,1H3,(H,13,15,18). The van der Waals surface area contributed by atoms with Gasteiger partial charge in [-0.25, -0.2) is 0 Å². The Morgan fingerprint density at radius 3 is 2.63 bits per heavy atom. The number of aliphatic hydroxyl groups excluding tert-OH is 1. The van der Waals surface area contributed by atoms with Crippen molar-refractivity contribution >= 4 is 11.9 Å². The molecule has 0 saturated carbocycles. The highest BCUT2D eigenvalue weighted by Gasteiger charge is 2.31. The third kappa shape index (κ3) is 6.15. The molecule has 10 heteroatoms. The average Bonchev–Trinajstić information content (AvgIpc) is 2.61. The fourth-order valence-electron chi connectivity index (χ4n) is 1.32. The molecule has 7 nitrogen and oxygen atoms in total. The molecule has 0 bridgehead atoms. The third-order valence-electron chi connectivity index (χ3n) is 1.96. The van der Waals surface area contributed by atoms with E-state index < -0.39 is 31.8 Å². The van der Waals surface area contributed by atoms with E-state index in [1.807, 2.05) is 0 Å². The number of nitrogens with one attached hydrogen (secondary N) is 1. The first kappa shape index (κ1) is 15.4. The maximum absolute atomic E-state index is 12.2. The third-order valence-corrected chi connectivity index (χ3v) is 1.96. The number of hydrogen-bond acceptors (Lipinski definition) is 6. The summed E-state index contributed by atoms with van der Waals surface area (Å²) in [6.07, 6.45) is -4.45. The van der Waals surface area contributed by atoms with E-state index in [2.05, 4.69) is 15.5 Å². The van der Waals surface area contributed by atoms with Gasteiger partial charge in [-0.1, -0.05) is 5.10 Å². The van der Waals surface area contributed by atoms with Gasteiger partial charge in [0.05, 0.1) is 19.7 Å². The van der Waals surface area contributed by atoms with E-state index in [4.69, 9.17) is 9.52 Å². The number of hydrogen-bond donors (Lipinski definition) is 2. The Morgan fingerprint density at radius 1 is 1.47 bits per heavy atom. The minimum absolute atomic E-state index is 0.182. The second kappa shape index (κ2) is 6.48. The van der Waals surface area contributed by atoms with Gasteiger partial charge in [0, 0.05) is 13.5 Å². The van der Waals surface area contributed by atoms with Gasteiger partial charge < -0.3 is 9.52 Å². The van der Waals surface area contributed by atoms with Gasteiger partial charge >= 0.3 is 12.2 Å². The molecule has 19 heavy (non-hydrogen) atoms. The van der Waals surface area contributed by atoms with Crippen LogP contribution in [0.1, 0.15) is 5.89 Å². The van der Waals surface area contributed by atoms with Crippen LogP contribution in [0.2, 0.25) is 0 Å². The number of nitrogens with zero attached hydrogens (tertiary/aromatic N) is 3. The minimum atomic E-state index is -4.45. The van der Waals surface area contributed by atoms with Crippen molar-refractivity contribution in [2.24, 2.45) is 0 Å². The van der Waals surface area contributed by atoms with Crippen molar-refractivity contribution in [3.05, 3.63) is 5.89 Å². The Labute approximate surface area is 106 Å². The van der Waals surface area contributed by atoms with E-state index in [9.17, 15) is 18.0 Å². The molecule has 1 heterocycles. The maximum atomic E-state index is 12.2. The van der Waals surface area contributed by atoms with Gasteiger partial charge in [-0.3, -0.25) is 15.0 Å². The number of rotatable bonds is 6. The molecule has 0 aliphatic heterocycles. The van der Waals surface area contributed by atoms with Crippen LogP contribution < -0.4 is 5.32 Å². The van der Waals surface area contributed by atoms with Crippen LogP contribution in [0.4, 0.5) is 19.2 Å². The predicted molar refractivity (Wildman–Crippen MR) is 57.2 cm³/mol. The number of aryl methyl sites for hydroxylation is 1. The molecular weight excluding hydrogens is 269 g/mol. The quantitative estimate of drug-likeness (QED) is 0.773. The maximum Gasteiger partial charge on any atom is 0.401 e. The van der Waals surface area contributed by atoms with Gasteiger partial charge in [-0.15, -0.1) is 5.10 Å². The van der Waals surface area contributed by atoms with Gasteiger partial charge in [-0.05, 0) is 0 Å². The highest BCUT2D eigenvalue weighted by atomic mass is 19.4. The molecule has 1 aromatic rings. The number of carbonyl (C=O) groups is 1. The van der Waals surface area contributed by atoms with Crippen LogP contribution in [-0.2, 0) is 4.79 Å². The van der Waals surface area contributed by atoms with Crippen molar-refractivity contribution in [1.82, 2.24) is 15.1 Å². The van der Waals surface area contributed by atoms with Gasteiger partial charge in [-0.2, -0.15) is 13.2 Å². The normalized spacial score (nSPS) is 11.9. The first-order valence-corrected chi connectivity index (χ1v) is 5.30. The van der Waals surface area contributed by atoms with Crippen LogP contribution in [0, 0.1) is 6.92 Å². The average molecular weight is 282 g/mol. The summed E-state index contributed by atoms with van der Waals surface area (Å²) < 4.78 is 41.5. The van der Waals surface area contributed by atoms with Crippen molar-refractivity contribution in [3.8, 4) is 0 Å². The van der Waals surface area contributed by atoms with Crippen LogP contribution >= 0.6 is 0 Å². The summed E-state index contributed by atoms with van der Waals surface area (Å²) >= 11 is 0. The van der Waals surface area contributed by atoms with E-state index in [0.717, 1.165) is 4.90 Å². The molecule has 0 aliphatic rings. The molecule has 0 atom stereocenters. The largest absolute Gasteiger partial charge is 0.408 e. The lowest BCUT2D eigenvalue weighted by atomic mass is 10.4. The highest BCUT2D eigenvalue weighted by Crippen LogP contribution is 2.16. The zero-order valence-electron chi connectivity index (χ0n) is 10.1. The van der Waals surface area contributed by atoms with E-state index in [-0.39, 0.29) is 18.5 Å². The summed E-state index contributed by atoms with van der Waals surface area (Å²) in [6, 6.07) is -0.182. The second-order valence-corrected chi connectivity index (χ2v) is 3.72. The number of anilines is 1. The van der Waals surface area contributed by atoms with E-state index >= 15 is 0 Å². The first-order chi connectivity index (χ1) is 8.80. The molecule has 0 radical (unpaired) electrons. The molecule has 0 aromatic carbocycles. The van der Waals surface area contributed by atoms with Crippen LogP contribution in [0.25, 0.3) is 0 Å². The topological polar surface area (TPSA) is 91.5 Å². The van der Waals surface area contributed by atoms with Crippen molar-refractivity contribution in [1.29, 1.82) is 0 Å². The smallest absolute Gasteiger partial charge is 0.401 e. The van der Waals surface area contributed by atoms with E-state index in [1.54, 1.807) is 0 Å². The molecule has 0 spiro atoms. The molecule has 0 fully saturated rings. The number of halogens is 3. The van der Waals surface area contributed by atoms with Crippen molar-refractivity contribution < 1.29 is 27.5 Å². The molecule has 1 aromatic heterocycles. The zero-order valence-corrected chi connectivity index (χ0v) is 10.1. The number of aromatic nitrogens is 2. The van der Waals surface area contributed by atoms with Crippen LogP contribution in [0.3, 0.4) is 0 Å². The Kier molecular flexibility index (Phi) is 5.24. The first-order valence-electron chi connectivity index (χ1n) is 5.30. The van der Waals surface area contributed by atoms with Gasteiger partial charge in [0.15, 0.2) is 0 Å². The Hall–Kier alpha value is -1.68. The van der Waals surface area contributed by atoms with Gasteiger partial charge in [0.2, 0.25) is 11.8 Å². The van der Waals surface area contributed by atoms with E-state index in [1.165, 1.54) is 6.92 Å². The summed E-state index contributed by atoms with van der Waals surface area (Å²) in [5.74, 6) is -0.515. The van der Waals surface area contributed by atoms with E-state index in [0.29, 0.717) is 0 Å². The summed E-state index contributed by atoms with van der Waals surface area (Å²) in [4.78, 5) is 12.2. The van der Waals surface area contributed by atoms with Crippen LogP contribution in [0.5, 0.6) is 0 Å². The molecule has 1 amide bonds. The van der Waals surface area contributed by atoms with Crippen LogP contribution in [0.15, 0.2) is 4.42 Å². The molecule has 108 valence electrons. The molecule has 0 saturated heterocycles. The Morgan fingerprint density at radius 2 is 2.16 bits per heavy atom. The van der Waals surface area contributed by atoms with Crippen LogP contribution in [-0.4, -0.2) is 58.5 Å². The lowest BCUT2D eigenvalue weighted by Gasteiger charge is -2.21. The Bertz CT molecular complexity index is 421. The summed E-state index contributed by atoms with van der Waals surface area (Å²) in [5.41, 5.74) is 0. The number of aliphatic hydroxyl groups is 1. The monoisotopic (exact) mass is 282 g/mol. The molecule has 2 N–H and O–H groups in total. The molecule has 1 rings (SSSR count). The minimum Gasteiger partial charge on any atom is -0.408 e. The SMILES string of the molecule is Cc1nnc(NC(=O)CN(CCO)CC(F)(F)F)o1. The lowest BCUT2D eigenvalue weighted by Crippen LogP contribution is -2.41. The van der Waals surface area contributed by atoms with Gasteiger partial charge in [0.25, 0.3) is 0 Å². The molecule has 0 aliphatic carbocycles. The number of alkyl halides is 3. The van der Waals surface area contributed by atoms with Crippen molar-refractivity contribution in [3.63, 3.8) is 0 Å². The zero-order chi connectivity index (χ0) is 14.5. The summed E-state index contributed by atoms with van der Waals surface area (Å²) in [7, 11) is 0. The van der Waals surface area contributed by atoms with Crippen molar-refractivity contribution in [2.75, 3.05) is 31.6 Å². The predicted octanol–water partition coefficient (Wildman–Crippen LogP) is 0.173. The summed E-state index contributed by atoms with van der Waals surface area (Å²) in [5, 5.41) is 17.7. The molecule has 0 unspecified atom stereocenters. The second-order valence-electron chi connectivity index (χ2n) is 3.72. The van der Waals surface area contributed by atoms with Gasteiger partial charge in [0.1, 0.15) is 0 Å². The number of carbonyl (C=O) groups excluding carboxylic acids is 1. The lowest BCUT2D eigenvalue weighted by molar-refractivity contribution is -0.148. The summed E-state index contributed by atoms with van der Waals surface area (Å²) in [6.45, 7) is -1.07. The number of amides is 1. The molecular formula is C9H13F3N4O3. The fourth-order valence-corrected chi connectivity index (χ4v) is 1.32.